The van der Waals surface area contributed by atoms with Gasteiger partial charge in [0.05, 0.1) is 18.2 Å². The smallest absolute Gasteiger partial charge is 0.282 e. The van der Waals surface area contributed by atoms with Crippen LogP contribution in [0.4, 0.5) is 10.5 Å². The molecule has 5 nitrogen and oxygen atoms in total. The lowest BCUT2D eigenvalue weighted by Crippen LogP contribution is -2.33. The molecule has 0 bridgehead atoms. The van der Waals surface area contributed by atoms with E-state index in [1.165, 1.54) is 9.80 Å². The summed E-state index contributed by atoms with van der Waals surface area (Å²) in [5, 5.41) is 9.40. The summed E-state index contributed by atoms with van der Waals surface area (Å²) in [4.78, 5) is 27.8. The van der Waals surface area contributed by atoms with E-state index in [1.807, 2.05) is 6.07 Å². The Hall–Kier alpha value is -2.84. The summed E-state index contributed by atoms with van der Waals surface area (Å²) in [6.07, 6.45) is 0. The predicted octanol–water partition coefficient (Wildman–Crippen LogP) is 3.57. The third kappa shape index (κ3) is 2.84. The molecule has 1 atom stereocenters. The average Bonchev–Trinajstić information content (AvgIpc) is 2.80. The monoisotopic (exact) mass is 339 g/mol. The molecule has 3 rings (SSSR count). The van der Waals surface area contributed by atoms with E-state index < -0.39 is 6.04 Å². The molecule has 6 heteroatoms. The molecule has 0 saturated carbocycles. The van der Waals surface area contributed by atoms with Crippen molar-refractivity contribution in [3.8, 4) is 6.07 Å². The number of nitrogens with zero attached hydrogens (tertiary/aromatic N) is 3. The summed E-state index contributed by atoms with van der Waals surface area (Å²) in [7, 11) is 0. The van der Waals surface area contributed by atoms with Crippen LogP contribution >= 0.6 is 11.6 Å². The molecule has 3 amide bonds. The fourth-order valence-electron chi connectivity index (χ4n) is 2.67. The number of halogens is 1. The zero-order chi connectivity index (χ0) is 17.3. The number of hydrogen-bond acceptors (Lipinski definition) is 3. The first-order valence-corrected chi connectivity index (χ1v) is 7.78. The van der Waals surface area contributed by atoms with Crippen LogP contribution in [0.1, 0.15) is 18.1 Å². The largest absolute Gasteiger partial charge is 0.332 e. The molecule has 0 radical (unpaired) electrons. The van der Waals surface area contributed by atoms with Crippen molar-refractivity contribution in [3.05, 3.63) is 64.7 Å². The van der Waals surface area contributed by atoms with Crippen LogP contribution in [0.3, 0.4) is 0 Å². The van der Waals surface area contributed by atoms with Gasteiger partial charge in [-0.25, -0.2) is 4.79 Å². The minimum Gasteiger partial charge on any atom is -0.282 e. The van der Waals surface area contributed by atoms with Gasteiger partial charge in [0.2, 0.25) is 0 Å². The summed E-state index contributed by atoms with van der Waals surface area (Å²) in [5.41, 5.74) is 1.96. The topological polar surface area (TPSA) is 64.4 Å². The van der Waals surface area contributed by atoms with Gasteiger partial charge >= 0.3 is 6.03 Å². The molecule has 2 aromatic rings. The van der Waals surface area contributed by atoms with Gasteiger partial charge in [-0.15, -0.1) is 0 Å². The molecule has 120 valence electrons. The number of urea groups is 1. The third-order valence-electron chi connectivity index (χ3n) is 3.98. The molecule has 0 N–H and O–H groups in total. The van der Waals surface area contributed by atoms with Crippen LogP contribution in [-0.4, -0.2) is 22.9 Å². The fourth-order valence-corrected chi connectivity index (χ4v) is 2.80. The molecule has 1 saturated heterocycles. The van der Waals surface area contributed by atoms with Crippen molar-refractivity contribution in [2.75, 3.05) is 4.90 Å². The quantitative estimate of drug-likeness (QED) is 0.803. The van der Waals surface area contributed by atoms with Gasteiger partial charge in [0.15, 0.2) is 0 Å². The first-order valence-electron chi connectivity index (χ1n) is 7.40. The summed E-state index contributed by atoms with van der Waals surface area (Å²) < 4.78 is 0. The molecule has 0 unspecified atom stereocenters. The van der Waals surface area contributed by atoms with Crippen LogP contribution in [0.15, 0.2) is 48.5 Å². The molecular weight excluding hydrogens is 326 g/mol. The average molecular weight is 340 g/mol. The van der Waals surface area contributed by atoms with E-state index in [0.29, 0.717) is 16.3 Å². The van der Waals surface area contributed by atoms with E-state index in [4.69, 9.17) is 16.9 Å². The van der Waals surface area contributed by atoms with Gasteiger partial charge in [0, 0.05) is 10.7 Å². The van der Waals surface area contributed by atoms with E-state index in [-0.39, 0.29) is 18.5 Å². The van der Waals surface area contributed by atoms with Crippen molar-refractivity contribution in [3.63, 3.8) is 0 Å². The second-order valence-electron chi connectivity index (χ2n) is 5.54. The number of carbonyl (C=O) groups excluding carboxylic acids is 2. The second-order valence-corrected chi connectivity index (χ2v) is 5.97. The predicted molar refractivity (Wildman–Crippen MR) is 90.5 cm³/mol. The van der Waals surface area contributed by atoms with Crippen molar-refractivity contribution in [2.24, 2.45) is 0 Å². The standard InChI is InChI=1S/C18H14ClN3O2/c1-12-17(23)21(11-14-4-2-13(10-20)3-5-14)18(24)22(12)16-8-6-15(19)7-9-16/h2-9,12H,11H2,1H3/t12-/m1/s1. The number of hydrogen-bond donors (Lipinski definition) is 0. The molecule has 1 aliphatic heterocycles. The first-order chi connectivity index (χ1) is 11.5. The molecule has 0 spiro atoms. The highest BCUT2D eigenvalue weighted by Crippen LogP contribution is 2.28. The summed E-state index contributed by atoms with van der Waals surface area (Å²) >= 11 is 5.88. The van der Waals surface area contributed by atoms with Gasteiger partial charge in [-0.2, -0.15) is 5.26 Å². The van der Waals surface area contributed by atoms with Crippen LogP contribution in [0.5, 0.6) is 0 Å². The van der Waals surface area contributed by atoms with Crippen molar-refractivity contribution in [1.29, 1.82) is 5.26 Å². The molecule has 24 heavy (non-hydrogen) atoms. The maximum absolute atomic E-state index is 12.7. The number of benzene rings is 2. The van der Waals surface area contributed by atoms with Crippen molar-refractivity contribution < 1.29 is 9.59 Å². The highest BCUT2D eigenvalue weighted by atomic mass is 35.5. The summed E-state index contributed by atoms with van der Waals surface area (Å²) in [6, 6.07) is 14.7. The Kier molecular flexibility index (Phi) is 4.24. The zero-order valence-corrected chi connectivity index (χ0v) is 13.7. The normalized spacial score (nSPS) is 17.3. The van der Waals surface area contributed by atoms with E-state index in [0.717, 1.165) is 5.56 Å². The lowest BCUT2D eigenvalue weighted by Gasteiger charge is -2.19. The summed E-state index contributed by atoms with van der Waals surface area (Å²) in [6.45, 7) is 1.88. The molecule has 0 aliphatic carbocycles. The van der Waals surface area contributed by atoms with Gasteiger partial charge in [0.25, 0.3) is 5.91 Å². The zero-order valence-electron chi connectivity index (χ0n) is 12.9. The Morgan fingerprint density at radius 3 is 2.29 bits per heavy atom. The second kappa shape index (κ2) is 6.34. The van der Waals surface area contributed by atoms with Gasteiger partial charge in [-0.1, -0.05) is 23.7 Å². The van der Waals surface area contributed by atoms with Gasteiger partial charge in [-0.3, -0.25) is 14.6 Å². The van der Waals surface area contributed by atoms with Crippen LogP contribution in [-0.2, 0) is 11.3 Å². The van der Waals surface area contributed by atoms with E-state index in [9.17, 15) is 9.59 Å². The van der Waals surface area contributed by atoms with Crippen LogP contribution in [0.2, 0.25) is 5.02 Å². The number of rotatable bonds is 3. The lowest BCUT2D eigenvalue weighted by atomic mass is 10.1. The Bertz CT molecular complexity index is 825. The number of anilines is 1. The Morgan fingerprint density at radius 2 is 1.71 bits per heavy atom. The van der Waals surface area contributed by atoms with Crippen LogP contribution in [0, 0.1) is 11.3 Å². The van der Waals surface area contributed by atoms with E-state index >= 15 is 0 Å². The Morgan fingerprint density at radius 1 is 1.08 bits per heavy atom. The minimum atomic E-state index is -0.572. The Balaban J connectivity index is 1.84. The third-order valence-corrected chi connectivity index (χ3v) is 4.23. The number of nitriles is 1. The first kappa shape index (κ1) is 16.0. The van der Waals surface area contributed by atoms with Crippen molar-refractivity contribution in [2.45, 2.75) is 19.5 Å². The van der Waals surface area contributed by atoms with E-state index in [2.05, 4.69) is 0 Å². The van der Waals surface area contributed by atoms with Gasteiger partial charge in [-0.05, 0) is 48.9 Å². The Labute approximate surface area is 144 Å². The highest BCUT2D eigenvalue weighted by molar-refractivity contribution is 6.30. The lowest BCUT2D eigenvalue weighted by molar-refractivity contribution is -0.127. The molecule has 1 fully saturated rings. The number of carbonyl (C=O) groups is 2. The van der Waals surface area contributed by atoms with Crippen molar-refractivity contribution >= 4 is 29.2 Å². The van der Waals surface area contributed by atoms with Gasteiger partial charge < -0.3 is 0 Å². The molecule has 1 aliphatic rings. The SMILES string of the molecule is C[C@@H]1C(=O)N(Cc2ccc(C#N)cc2)C(=O)N1c1ccc(Cl)cc1. The molecule has 0 aromatic heterocycles. The highest BCUT2D eigenvalue weighted by Gasteiger charge is 2.43. The van der Waals surface area contributed by atoms with E-state index in [1.54, 1.807) is 55.5 Å². The maximum atomic E-state index is 12.7. The molecule has 1 heterocycles. The van der Waals surface area contributed by atoms with Crippen LogP contribution < -0.4 is 4.90 Å². The number of imide groups is 1. The fraction of sp³-hybridized carbons (Fsp3) is 0.167. The molecular formula is C18H14ClN3O2. The number of amides is 3. The minimum absolute atomic E-state index is 0.178. The maximum Gasteiger partial charge on any atom is 0.332 e. The summed E-state index contributed by atoms with van der Waals surface area (Å²) in [5.74, 6) is -0.251. The van der Waals surface area contributed by atoms with Crippen LogP contribution in [0.25, 0.3) is 0 Å². The van der Waals surface area contributed by atoms with Gasteiger partial charge in [0.1, 0.15) is 6.04 Å². The molecule has 2 aromatic carbocycles. The van der Waals surface area contributed by atoms with Crippen molar-refractivity contribution in [1.82, 2.24) is 4.90 Å².